The van der Waals surface area contributed by atoms with Gasteiger partial charge in [-0.05, 0) is 106 Å². The number of fused-ring (bicyclic) bond motifs is 9. The number of alkyl halides is 1. The molecule has 5 aromatic rings. The topological polar surface area (TPSA) is 150 Å². The zero-order valence-corrected chi connectivity index (χ0v) is 40.8. The molecule has 5 aliphatic heterocycles. The number of hydrogen-bond acceptors (Lipinski definition) is 13. The number of nitrogens with one attached hydrogen (secondary N) is 1. The van der Waals surface area contributed by atoms with Gasteiger partial charge in [0.25, 0.3) is 0 Å². The molecule has 4 saturated heterocycles. The molecule has 0 saturated carbocycles. The minimum Gasteiger partial charge on any atom is -0.489 e. The number of rotatable bonds is 5. The summed E-state index contributed by atoms with van der Waals surface area (Å²) in [6.07, 6.45) is 1.99. The summed E-state index contributed by atoms with van der Waals surface area (Å²) in [6.45, 7) is 17.6. The summed E-state index contributed by atoms with van der Waals surface area (Å²) in [4.78, 5) is 57.2. The van der Waals surface area contributed by atoms with Crippen molar-refractivity contribution >= 4 is 83.9 Å². The number of piperazine rings is 1. The van der Waals surface area contributed by atoms with E-state index in [2.05, 4.69) is 15.1 Å². The second-order valence-electron chi connectivity index (χ2n) is 21.4. The first-order valence-corrected chi connectivity index (χ1v) is 24.1. The van der Waals surface area contributed by atoms with Crippen molar-refractivity contribution in [1.29, 1.82) is 0 Å². The molecule has 0 spiro atoms. The lowest BCUT2D eigenvalue weighted by Gasteiger charge is -2.46. The number of aromatic nitrogens is 3. The van der Waals surface area contributed by atoms with Crippen LogP contribution in [0.4, 0.5) is 34.7 Å². The average molecular weight is 965 g/mol. The summed E-state index contributed by atoms with van der Waals surface area (Å²) in [5, 5.41) is 3.96. The van der Waals surface area contributed by atoms with Crippen LogP contribution >= 0.6 is 22.9 Å². The van der Waals surface area contributed by atoms with E-state index < -0.39 is 58.7 Å². The van der Waals surface area contributed by atoms with Gasteiger partial charge in [0.15, 0.2) is 11.6 Å². The zero-order chi connectivity index (χ0) is 47.7. The molecule has 2 aromatic carbocycles. The molecule has 15 nitrogen and oxygen atoms in total. The number of carbonyl (C=O) groups is 3. The molecule has 2 bridgehead atoms. The molecule has 2 amide bonds. The molecule has 0 aliphatic carbocycles. The molecule has 3 aromatic heterocycles. The van der Waals surface area contributed by atoms with E-state index in [-0.39, 0.29) is 64.2 Å². The Morgan fingerprint density at radius 1 is 0.940 bits per heavy atom. The summed E-state index contributed by atoms with van der Waals surface area (Å²) < 4.78 is 65.6. The lowest BCUT2D eigenvalue weighted by atomic mass is 9.95. The van der Waals surface area contributed by atoms with Gasteiger partial charge in [0.1, 0.15) is 52.4 Å². The quantitative estimate of drug-likeness (QED) is 0.167. The van der Waals surface area contributed by atoms with Gasteiger partial charge >= 0.3 is 24.3 Å². The van der Waals surface area contributed by atoms with Crippen molar-refractivity contribution in [3.8, 4) is 22.9 Å². The van der Waals surface area contributed by atoms with Crippen LogP contribution in [0, 0.1) is 5.82 Å². The van der Waals surface area contributed by atoms with E-state index in [0.29, 0.717) is 57.6 Å². The Bertz CT molecular complexity index is 2870. The predicted molar refractivity (Wildman–Crippen MR) is 252 cm³/mol. The third-order valence-corrected chi connectivity index (χ3v) is 14.7. The third-order valence-electron chi connectivity index (χ3n) is 13.2. The van der Waals surface area contributed by atoms with Crippen molar-refractivity contribution in [2.45, 2.75) is 141 Å². The lowest BCUT2D eigenvalue weighted by Crippen LogP contribution is -2.63. The number of carbonyl (C=O) groups excluding carboxylic acids is 3. The van der Waals surface area contributed by atoms with Gasteiger partial charge in [-0.25, -0.2) is 27.7 Å². The van der Waals surface area contributed by atoms with E-state index in [1.165, 1.54) is 22.1 Å². The number of nitrogens with zero attached hydrogens (tertiary/aromatic N) is 6. The van der Waals surface area contributed by atoms with E-state index in [9.17, 15) is 18.8 Å². The van der Waals surface area contributed by atoms with Crippen LogP contribution in [0.2, 0.25) is 5.02 Å². The highest BCUT2D eigenvalue weighted by atomic mass is 35.5. The number of amides is 2. The van der Waals surface area contributed by atoms with Gasteiger partial charge in [-0.3, -0.25) is 15.1 Å². The number of ether oxygens (including phenoxy) is 5. The Kier molecular flexibility index (Phi) is 10.8. The summed E-state index contributed by atoms with van der Waals surface area (Å²) in [5.41, 5.74) is -2.51. The van der Waals surface area contributed by atoms with Crippen LogP contribution in [0.25, 0.3) is 42.3 Å². The molecule has 67 heavy (non-hydrogen) atoms. The second-order valence-corrected chi connectivity index (χ2v) is 22.9. The Labute approximate surface area is 395 Å². The number of halogens is 3. The van der Waals surface area contributed by atoms with E-state index in [0.717, 1.165) is 25.8 Å². The molecule has 2 unspecified atom stereocenters. The lowest BCUT2D eigenvalue weighted by molar-refractivity contribution is 0.00540. The van der Waals surface area contributed by atoms with E-state index >= 15 is 4.39 Å². The summed E-state index contributed by atoms with van der Waals surface area (Å²) in [6, 6.07) is 4.24. The van der Waals surface area contributed by atoms with Gasteiger partial charge in [0.05, 0.1) is 39.8 Å². The monoisotopic (exact) mass is 963 g/mol. The van der Waals surface area contributed by atoms with Gasteiger partial charge < -0.3 is 28.6 Å². The maximum absolute atomic E-state index is 18.2. The summed E-state index contributed by atoms with van der Waals surface area (Å²) >= 11 is 8.73. The van der Waals surface area contributed by atoms with Crippen molar-refractivity contribution in [3.05, 3.63) is 35.2 Å². The first kappa shape index (κ1) is 45.6. The fourth-order valence-electron chi connectivity index (χ4n) is 10.7. The number of hydrogen-bond donors (Lipinski definition) is 1. The molecule has 5 atom stereocenters. The van der Waals surface area contributed by atoms with Crippen molar-refractivity contribution in [2.24, 2.45) is 0 Å². The number of thiophene rings is 1. The van der Waals surface area contributed by atoms with Crippen molar-refractivity contribution in [2.75, 3.05) is 43.1 Å². The summed E-state index contributed by atoms with van der Waals surface area (Å²) in [7, 11) is 0. The average Bonchev–Trinajstić information content (AvgIpc) is 3.99. The first-order chi connectivity index (χ1) is 31.5. The summed E-state index contributed by atoms with van der Waals surface area (Å²) in [5.74, 6) is -0.266. The number of anilines is 2. The minimum atomic E-state index is -0.988. The molecule has 10 rings (SSSR count). The zero-order valence-electron chi connectivity index (χ0n) is 39.2. The highest BCUT2D eigenvalue weighted by Gasteiger charge is 2.53. The molecule has 19 heteroatoms. The fraction of sp³-hybridized carbons (Fsp3) is 0.562. The highest BCUT2D eigenvalue weighted by Crippen LogP contribution is 2.53. The first-order valence-electron chi connectivity index (χ1n) is 22.9. The van der Waals surface area contributed by atoms with Gasteiger partial charge in [0.2, 0.25) is 0 Å². The molecular weight excluding hydrogens is 908 g/mol. The van der Waals surface area contributed by atoms with E-state index in [1.807, 2.05) is 31.7 Å². The Morgan fingerprint density at radius 2 is 1.67 bits per heavy atom. The molecule has 1 N–H and O–H groups in total. The van der Waals surface area contributed by atoms with E-state index in [1.54, 1.807) is 53.7 Å². The van der Waals surface area contributed by atoms with Gasteiger partial charge in [-0.1, -0.05) is 23.7 Å². The largest absolute Gasteiger partial charge is 0.489 e. The molecular formula is C48H56ClF2N7O8S. The standard InChI is InChI=1S/C48H56ClF2N7O8S/c1-45(2,3)64-42(59)52-27-21-57(43(60)65-46(4,5)6)40-33(27)31-26(12-10-13-30(31)67-40)32-35(49)38-34-37(36(32)51)53-41(63-23-48-16-11-17-55(48)19-24(50)18-48)54-39(34)56-20-25-14-15-28(29(56)22-62-38)58(25)44(61)66-47(7,8)9/h10,12-13,21,24-25,28-29H,11,14-20,22-23H2,1-9H3,(H,52,59)/t24-,25?,28?,29-,48+/m1/s1. The fourth-order valence-corrected chi connectivity index (χ4v) is 12.3. The van der Waals surface area contributed by atoms with Gasteiger partial charge in [-0.2, -0.15) is 9.97 Å². The van der Waals surface area contributed by atoms with Crippen LogP contribution in [0.3, 0.4) is 0 Å². The van der Waals surface area contributed by atoms with Crippen molar-refractivity contribution in [3.63, 3.8) is 0 Å². The maximum Gasteiger partial charge on any atom is 0.419 e. The molecule has 8 heterocycles. The molecule has 358 valence electrons. The van der Waals surface area contributed by atoms with Crippen LogP contribution < -0.4 is 19.7 Å². The number of benzene rings is 2. The highest BCUT2D eigenvalue weighted by molar-refractivity contribution is 7.25. The minimum absolute atomic E-state index is 0.0355. The Balaban J connectivity index is 1.16. The van der Waals surface area contributed by atoms with Crippen LogP contribution in [0.1, 0.15) is 94.4 Å². The van der Waals surface area contributed by atoms with Crippen LogP contribution in [0.5, 0.6) is 11.8 Å². The van der Waals surface area contributed by atoms with E-state index in [4.69, 9.17) is 45.3 Å². The van der Waals surface area contributed by atoms with Crippen molar-refractivity contribution in [1.82, 2.24) is 24.3 Å². The van der Waals surface area contributed by atoms with Crippen LogP contribution in [-0.2, 0) is 14.2 Å². The predicted octanol–water partition coefficient (Wildman–Crippen LogP) is 10.7. The smallest absolute Gasteiger partial charge is 0.419 e. The van der Waals surface area contributed by atoms with Gasteiger partial charge in [0, 0.05) is 46.7 Å². The molecule has 4 fully saturated rings. The Morgan fingerprint density at radius 3 is 2.40 bits per heavy atom. The third kappa shape index (κ3) is 8.03. The van der Waals surface area contributed by atoms with Crippen molar-refractivity contribution < 1.29 is 46.8 Å². The molecule has 5 aliphatic rings. The Hall–Kier alpha value is -5.20. The molecule has 0 radical (unpaired) electrons. The maximum atomic E-state index is 18.2. The van der Waals surface area contributed by atoms with Crippen LogP contribution in [0.15, 0.2) is 24.4 Å². The van der Waals surface area contributed by atoms with Crippen LogP contribution in [-0.4, -0.2) is 122 Å². The van der Waals surface area contributed by atoms with Gasteiger partial charge in [-0.15, -0.1) is 11.3 Å². The normalized spacial score (nSPS) is 23.9. The second kappa shape index (κ2) is 15.9. The SMILES string of the molecule is CC(C)(C)OC(=O)Nc1cn(C(=O)OC(C)(C)C)c2sc3cccc(-c4c(Cl)c5c6c(nc(OC[C@@]78CCCN7C[C@H](F)C8)nc6c4F)N4CC6CCC([C@H]4CO5)N6C(=O)OC(C)(C)C)c3c12.